The molecule has 2 amide bonds. The van der Waals surface area contributed by atoms with Crippen molar-refractivity contribution in [3.63, 3.8) is 0 Å². The van der Waals surface area contributed by atoms with Gasteiger partial charge >= 0.3 is 0 Å². The molecule has 0 spiro atoms. The van der Waals surface area contributed by atoms with Gasteiger partial charge in [0.05, 0.1) is 12.0 Å². The highest BCUT2D eigenvalue weighted by Gasteiger charge is 2.30. The number of nitrogens with two attached hydrogens (primary N) is 1. The van der Waals surface area contributed by atoms with Gasteiger partial charge in [-0.3, -0.25) is 9.59 Å². The Kier molecular flexibility index (Phi) is 7.25. The maximum Gasteiger partial charge on any atom is 0.239 e. The minimum Gasteiger partial charge on any atom is -0.356 e. The van der Waals surface area contributed by atoms with Crippen molar-refractivity contribution in [3.05, 3.63) is 35.9 Å². The zero-order valence-electron chi connectivity index (χ0n) is 14.5. The van der Waals surface area contributed by atoms with Crippen LogP contribution in [0.3, 0.4) is 0 Å². The van der Waals surface area contributed by atoms with E-state index in [9.17, 15) is 9.59 Å². The third-order valence-electron chi connectivity index (χ3n) is 4.55. The molecule has 1 fully saturated rings. The van der Waals surface area contributed by atoms with Crippen molar-refractivity contribution < 1.29 is 9.59 Å². The summed E-state index contributed by atoms with van der Waals surface area (Å²) in [5.74, 6) is -0.0917. The molecule has 0 bridgehead atoms. The Morgan fingerprint density at radius 2 is 2.08 bits per heavy atom. The summed E-state index contributed by atoms with van der Waals surface area (Å²) in [6.07, 6.45) is 4.28. The molecule has 1 aliphatic heterocycles. The molecular formula is C19H29N3O2. The van der Waals surface area contributed by atoms with Gasteiger partial charge in [0.25, 0.3) is 0 Å². The van der Waals surface area contributed by atoms with E-state index in [2.05, 4.69) is 12.2 Å². The normalized spacial score (nSPS) is 18.9. The van der Waals surface area contributed by atoms with Crippen LogP contribution in [0.2, 0.25) is 0 Å². The van der Waals surface area contributed by atoms with Crippen molar-refractivity contribution in [2.75, 3.05) is 19.6 Å². The maximum absolute atomic E-state index is 12.6. The fourth-order valence-corrected chi connectivity index (χ4v) is 3.11. The van der Waals surface area contributed by atoms with Crippen molar-refractivity contribution in [1.29, 1.82) is 0 Å². The molecule has 2 atom stereocenters. The zero-order valence-corrected chi connectivity index (χ0v) is 14.5. The van der Waals surface area contributed by atoms with Crippen LogP contribution in [0.25, 0.3) is 0 Å². The number of hydrogen-bond acceptors (Lipinski definition) is 3. The van der Waals surface area contributed by atoms with Crippen LogP contribution in [0, 0.1) is 5.92 Å². The minimum absolute atomic E-state index is 0.0510. The lowest BCUT2D eigenvalue weighted by molar-refractivity contribution is -0.136. The van der Waals surface area contributed by atoms with Crippen LogP contribution >= 0.6 is 0 Å². The lowest BCUT2D eigenvalue weighted by atomic mass is 9.96. The van der Waals surface area contributed by atoms with Crippen molar-refractivity contribution >= 4 is 11.8 Å². The van der Waals surface area contributed by atoms with E-state index in [1.807, 2.05) is 30.3 Å². The Labute approximate surface area is 144 Å². The summed E-state index contributed by atoms with van der Waals surface area (Å²) in [4.78, 5) is 26.6. The highest BCUT2D eigenvalue weighted by molar-refractivity contribution is 5.84. The van der Waals surface area contributed by atoms with Crippen molar-refractivity contribution in [3.8, 4) is 0 Å². The first kappa shape index (κ1) is 18.5. The fraction of sp³-hybridized carbons (Fsp3) is 0.579. The van der Waals surface area contributed by atoms with Gasteiger partial charge in [0, 0.05) is 19.6 Å². The van der Waals surface area contributed by atoms with Crippen molar-refractivity contribution in [1.82, 2.24) is 10.2 Å². The number of carbonyl (C=O) groups is 2. The van der Waals surface area contributed by atoms with Crippen LogP contribution in [-0.2, 0) is 16.0 Å². The molecule has 3 N–H and O–H groups in total. The van der Waals surface area contributed by atoms with Gasteiger partial charge in [-0.2, -0.15) is 0 Å². The summed E-state index contributed by atoms with van der Waals surface area (Å²) >= 11 is 0. The fourth-order valence-electron chi connectivity index (χ4n) is 3.11. The molecule has 0 radical (unpaired) electrons. The summed E-state index contributed by atoms with van der Waals surface area (Å²) in [5.41, 5.74) is 7.17. The van der Waals surface area contributed by atoms with E-state index in [-0.39, 0.29) is 17.7 Å². The molecule has 1 aromatic carbocycles. The smallest absolute Gasteiger partial charge is 0.239 e. The monoisotopic (exact) mass is 331 g/mol. The van der Waals surface area contributed by atoms with Crippen LogP contribution in [0.15, 0.2) is 30.3 Å². The van der Waals surface area contributed by atoms with Crippen LogP contribution in [-0.4, -0.2) is 42.4 Å². The molecule has 1 heterocycles. The number of carbonyl (C=O) groups excluding carboxylic acids is 2. The van der Waals surface area contributed by atoms with E-state index < -0.39 is 6.04 Å². The van der Waals surface area contributed by atoms with Crippen LogP contribution in [0.5, 0.6) is 0 Å². The zero-order chi connectivity index (χ0) is 17.4. The number of hydrogen-bond donors (Lipinski definition) is 2. The average molecular weight is 331 g/mol. The highest BCUT2D eigenvalue weighted by Crippen LogP contribution is 2.18. The first-order valence-corrected chi connectivity index (χ1v) is 8.97. The number of nitrogens with one attached hydrogen (secondary N) is 1. The largest absolute Gasteiger partial charge is 0.356 e. The summed E-state index contributed by atoms with van der Waals surface area (Å²) in [7, 11) is 0. The second kappa shape index (κ2) is 9.42. The number of unbranched alkanes of at least 4 members (excludes halogenated alkanes) is 1. The molecule has 0 aromatic heterocycles. The molecule has 5 nitrogen and oxygen atoms in total. The van der Waals surface area contributed by atoms with Gasteiger partial charge in [0.1, 0.15) is 0 Å². The van der Waals surface area contributed by atoms with Crippen molar-refractivity contribution in [2.45, 2.75) is 45.1 Å². The molecule has 1 aliphatic rings. The quantitative estimate of drug-likeness (QED) is 0.747. The van der Waals surface area contributed by atoms with Gasteiger partial charge in [0.15, 0.2) is 0 Å². The Hall–Kier alpha value is -1.88. The first-order chi connectivity index (χ1) is 11.6. The number of benzene rings is 1. The van der Waals surface area contributed by atoms with E-state index in [4.69, 9.17) is 5.73 Å². The standard InChI is InChI=1S/C19H29N3O2/c1-2-3-11-21-18(23)16-10-7-12-22(14-16)19(24)17(20)13-15-8-5-4-6-9-15/h4-6,8-9,16-17H,2-3,7,10-14,20H2,1H3,(H,21,23)/t16?,17-/m0/s1. The van der Waals surface area contributed by atoms with Gasteiger partial charge in [-0.25, -0.2) is 0 Å². The highest BCUT2D eigenvalue weighted by atomic mass is 16.2. The molecule has 1 aromatic rings. The Balaban J connectivity index is 1.86. The van der Waals surface area contributed by atoms with E-state index in [1.165, 1.54) is 0 Å². The van der Waals surface area contributed by atoms with E-state index in [0.717, 1.165) is 31.2 Å². The van der Waals surface area contributed by atoms with Gasteiger partial charge in [0.2, 0.25) is 11.8 Å². The Bertz CT molecular complexity index is 533. The van der Waals surface area contributed by atoms with E-state index in [0.29, 0.717) is 26.1 Å². The van der Waals surface area contributed by atoms with Crippen molar-refractivity contribution in [2.24, 2.45) is 11.7 Å². The third-order valence-corrected chi connectivity index (χ3v) is 4.55. The summed E-state index contributed by atoms with van der Waals surface area (Å²) in [6.45, 7) is 3.99. The molecule has 1 saturated heterocycles. The first-order valence-electron chi connectivity index (χ1n) is 8.97. The molecule has 1 unspecified atom stereocenters. The average Bonchev–Trinajstić information content (AvgIpc) is 2.62. The summed E-state index contributed by atoms with van der Waals surface area (Å²) in [6, 6.07) is 9.26. The maximum atomic E-state index is 12.6. The lowest BCUT2D eigenvalue weighted by Gasteiger charge is -2.33. The minimum atomic E-state index is -0.547. The van der Waals surface area contributed by atoms with Gasteiger partial charge in [-0.05, 0) is 31.2 Å². The Morgan fingerprint density at radius 3 is 2.79 bits per heavy atom. The third kappa shape index (κ3) is 5.34. The van der Waals surface area contributed by atoms with Gasteiger partial charge < -0.3 is 16.0 Å². The van der Waals surface area contributed by atoms with E-state index in [1.54, 1.807) is 4.90 Å². The van der Waals surface area contributed by atoms with Gasteiger partial charge in [-0.1, -0.05) is 43.7 Å². The number of likely N-dealkylation sites (tertiary alicyclic amines) is 1. The topological polar surface area (TPSA) is 75.4 Å². The predicted molar refractivity (Wildman–Crippen MR) is 95.3 cm³/mol. The lowest BCUT2D eigenvalue weighted by Crippen LogP contribution is -2.51. The van der Waals surface area contributed by atoms with Gasteiger partial charge in [-0.15, -0.1) is 0 Å². The van der Waals surface area contributed by atoms with Crippen LogP contribution in [0.4, 0.5) is 0 Å². The summed E-state index contributed by atoms with van der Waals surface area (Å²) in [5, 5.41) is 2.97. The molecule has 0 aliphatic carbocycles. The molecule has 24 heavy (non-hydrogen) atoms. The SMILES string of the molecule is CCCCNC(=O)C1CCCN(C(=O)[C@@H](N)Cc2ccccc2)C1. The molecule has 5 heteroatoms. The molecule has 2 rings (SSSR count). The number of amides is 2. The molecule has 132 valence electrons. The number of nitrogens with zero attached hydrogens (tertiary/aromatic N) is 1. The second-order valence-electron chi connectivity index (χ2n) is 6.56. The number of rotatable bonds is 7. The van der Waals surface area contributed by atoms with Crippen LogP contribution < -0.4 is 11.1 Å². The summed E-state index contributed by atoms with van der Waals surface area (Å²) < 4.78 is 0. The predicted octanol–water partition coefficient (Wildman–Crippen LogP) is 1.71. The molecular weight excluding hydrogens is 302 g/mol. The van der Waals surface area contributed by atoms with E-state index >= 15 is 0 Å². The number of piperidine rings is 1. The molecule has 0 saturated carbocycles. The van der Waals surface area contributed by atoms with Crippen LogP contribution in [0.1, 0.15) is 38.2 Å². The second-order valence-corrected chi connectivity index (χ2v) is 6.56. The Morgan fingerprint density at radius 1 is 1.33 bits per heavy atom.